The molecule has 0 saturated heterocycles. The van der Waals surface area contributed by atoms with Crippen molar-refractivity contribution < 1.29 is 19.1 Å². The highest BCUT2D eigenvalue weighted by atomic mass is 35.5. The van der Waals surface area contributed by atoms with Gasteiger partial charge in [-0.1, -0.05) is 11.6 Å². The van der Waals surface area contributed by atoms with Crippen molar-refractivity contribution in [3.05, 3.63) is 28.8 Å². The van der Waals surface area contributed by atoms with Gasteiger partial charge in [0.05, 0.1) is 23.4 Å². The quantitative estimate of drug-likeness (QED) is 0.824. The van der Waals surface area contributed by atoms with Crippen LogP contribution in [0.3, 0.4) is 0 Å². The van der Waals surface area contributed by atoms with Crippen molar-refractivity contribution in [3.63, 3.8) is 0 Å². The summed E-state index contributed by atoms with van der Waals surface area (Å²) in [7, 11) is 1.28. The standard InChI is InChI=1S/C17H23ClN2O4/c1-11(21)20(17(2,3)4)9-8-15(22)19-14-10-12(16(23)24-5)6-7-13(14)18/h6-7,10H,8-9H2,1-5H3,(H,19,22). The number of esters is 1. The molecule has 0 aliphatic rings. The van der Waals surface area contributed by atoms with Crippen LogP contribution in [0.4, 0.5) is 5.69 Å². The number of halogens is 1. The molecule has 6 nitrogen and oxygen atoms in total. The highest BCUT2D eigenvalue weighted by Crippen LogP contribution is 2.24. The van der Waals surface area contributed by atoms with E-state index in [9.17, 15) is 14.4 Å². The lowest BCUT2D eigenvalue weighted by atomic mass is 10.1. The van der Waals surface area contributed by atoms with E-state index in [4.69, 9.17) is 11.6 Å². The maximum absolute atomic E-state index is 12.1. The normalized spacial score (nSPS) is 10.9. The first kappa shape index (κ1) is 20.0. The number of ether oxygens (including phenoxy) is 1. The van der Waals surface area contributed by atoms with E-state index < -0.39 is 5.97 Å². The monoisotopic (exact) mass is 354 g/mol. The van der Waals surface area contributed by atoms with E-state index in [1.54, 1.807) is 4.90 Å². The molecule has 1 rings (SSSR count). The fourth-order valence-corrected chi connectivity index (χ4v) is 2.42. The summed E-state index contributed by atoms with van der Waals surface area (Å²) in [6.07, 6.45) is 0.121. The van der Waals surface area contributed by atoms with Crippen LogP contribution in [0.15, 0.2) is 18.2 Å². The molecule has 0 unspecified atom stereocenters. The van der Waals surface area contributed by atoms with Gasteiger partial charge in [-0.25, -0.2) is 4.79 Å². The van der Waals surface area contributed by atoms with Crippen molar-refractivity contribution in [2.24, 2.45) is 0 Å². The molecular weight excluding hydrogens is 332 g/mol. The minimum Gasteiger partial charge on any atom is -0.465 e. The number of carbonyl (C=O) groups is 3. The van der Waals surface area contributed by atoms with Crippen molar-refractivity contribution >= 4 is 35.1 Å². The maximum atomic E-state index is 12.1. The first-order valence-electron chi connectivity index (χ1n) is 7.52. The molecule has 7 heteroatoms. The third-order valence-electron chi connectivity index (χ3n) is 3.41. The molecule has 0 spiro atoms. The van der Waals surface area contributed by atoms with E-state index in [0.717, 1.165) is 0 Å². The number of methoxy groups -OCH3 is 1. The Hall–Kier alpha value is -2.08. The van der Waals surface area contributed by atoms with E-state index in [0.29, 0.717) is 17.3 Å². The number of nitrogens with zero attached hydrogens (tertiary/aromatic N) is 1. The highest BCUT2D eigenvalue weighted by Gasteiger charge is 2.24. The third kappa shape index (κ3) is 5.53. The summed E-state index contributed by atoms with van der Waals surface area (Å²) in [5.74, 6) is -0.909. The number of amides is 2. The van der Waals surface area contributed by atoms with Gasteiger partial charge in [0.2, 0.25) is 11.8 Å². The Labute approximate surface area is 147 Å². The molecule has 0 bridgehead atoms. The van der Waals surface area contributed by atoms with E-state index in [-0.39, 0.29) is 29.3 Å². The number of hydrogen-bond donors (Lipinski definition) is 1. The van der Waals surface area contributed by atoms with Crippen molar-refractivity contribution in [1.82, 2.24) is 4.90 Å². The Balaban J connectivity index is 2.78. The van der Waals surface area contributed by atoms with Crippen LogP contribution in [-0.4, -0.2) is 41.9 Å². The largest absolute Gasteiger partial charge is 0.465 e. The average molecular weight is 355 g/mol. The summed E-state index contributed by atoms with van der Waals surface area (Å²) < 4.78 is 4.64. The third-order valence-corrected chi connectivity index (χ3v) is 3.74. The molecule has 0 aromatic heterocycles. The van der Waals surface area contributed by atoms with Gasteiger partial charge in [-0.05, 0) is 39.0 Å². The van der Waals surface area contributed by atoms with E-state index in [1.807, 2.05) is 20.8 Å². The summed E-state index contributed by atoms with van der Waals surface area (Å²) in [6, 6.07) is 4.49. The fourth-order valence-electron chi connectivity index (χ4n) is 2.26. The van der Waals surface area contributed by atoms with Gasteiger partial charge < -0.3 is 15.0 Å². The minimum absolute atomic E-state index is 0.0963. The molecule has 0 radical (unpaired) electrons. The number of anilines is 1. The summed E-state index contributed by atoms with van der Waals surface area (Å²) >= 11 is 6.04. The zero-order valence-corrected chi connectivity index (χ0v) is 15.4. The Morgan fingerprint density at radius 2 is 1.88 bits per heavy atom. The SMILES string of the molecule is COC(=O)c1ccc(Cl)c(NC(=O)CCN(C(C)=O)C(C)(C)C)c1. The molecule has 0 aliphatic carbocycles. The zero-order valence-electron chi connectivity index (χ0n) is 14.6. The van der Waals surface area contributed by atoms with Crippen LogP contribution in [0, 0.1) is 0 Å². The van der Waals surface area contributed by atoms with E-state index >= 15 is 0 Å². The molecular formula is C17H23ClN2O4. The van der Waals surface area contributed by atoms with Gasteiger partial charge >= 0.3 is 5.97 Å². The maximum Gasteiger partial charge on any atom is 0.337 e. The van der Waals surface area contributed by atoms with Crippen molar-refractivity contribution in [1.29, 1.82) is 0 Å². The van der Waals surface area contributed by atoms with Crippen LogP contribution in [0.25, 0.3) is 0 Å². The lowest BCUT2D eigenvalue weighted by Gasteiger charge is -2.34. The fraction of sp³-hybridized carbons (Fsp3) is 0.471. The molecule has 0 aliphatic heterocycles. The van der Waals surface area contributed by atoms with Crippen LogP contribution >= 0.6 is 11.6 Å². The van der Waals surface area contributed by atoms with Crippen molar-refractivity contribution in [2.75, 3.05) is 19.0 Å². The lowest BCUT2D eigenvalue weighted by Crippen LogP contribution is -2.45. The van der Waals surface area contributed by atoms with E-state index in [2.05, 4.69) is 10.1 Å². The predicted molar refractivity (Wildman–Crippen MR) is 93.2 cm³/mol. The van der Waals surface area contributed by atoms with Gasteiger partial charge in [0.15, 0.2) is 0 Å². The van der Waals surface area contributed by atoms with Crippen LogP contribution in [0.1, 0.15) is 44.5 Å². The summed E-state index contributed by atoms with van der Waals surface area (Å²) in [5, 5.41) is 2.97. The first-order valence-corrected chi connectivity index (χ1v) is 7.90. The predicted octanol–water partition coefficient (Wildman–Crippen LogP) is 3.10. The Morgan fingerprint density at radius 1 is 1.25 bits per heavy atom. The first-order chi connectivity index (χ1) is 11.1. The van der Waals surface area contributed by atoms with Gasteiger partial charge in [0.25, 0.3) is 0 Å². The smallest absolute Gasteiger partial charge is 0.337 e. The Kier molecular flexibility index (Phi) is 6.78. The van der Waals surface area contributed by atoms with Crippen LogP contribution in [0.5, 0.6) is 0 Å². The van der Waals surface area contributed by atoms with Crippen LogP contribution in [-0.2, 0) is 14.3 Å². The number of rotatable bonds is 5. The molecule has 0 heterocycles. The van der Waals surface area contributed by atoms with Gasteiger partial charge in [0.1, 0.15) is 0 Å². The van der Waals surface area contributed by atoms with Gasteiger partial charge in [-0.15, -0.1) is 0 Å². The molecule has 24 heavy (non-hydrogen) atoms. The second kappa shape index (κ2) is 8.15. The molecule has 1 N–H and O–H groups in total. The molecule has 132 valence electrons. The van der Waals surface area contributed by atoms with Gasteiger partial charge in [0, 0.05) is 25.4 Å². The lowest BCUT2D eigenvalue weighted by molar-refractivity contribution is -0.134. The number of hydrogen-bond acceptors (Lipinski definition) is 4. The topological polar surface area (TPSA) is 75.7 Å². The second-order valence-electron chi connectivity index (χ2n) is 6.33. The van der Waals surface area contributed by atoms with Crippen LogP contribution in [0.2, 0.25) is 5.02 Å². The highest BCUT2D eigenvalue weighted by molar-refractivity contribution is 6.33. The number of nitrogens with one attached hydrogen (secondary N) is 1. The van der Waals surface area contributed by atoms with Gasteiger partial charge in [-0.2, -0.15) is 0 Å². The molecule has 1 aromatic carbocycles. The summed E-state index contributed by atoms with van der Waals surface area (Å²) in [4.78, 5) is 37.0. The Bertz CT molecular complexity index is 638. The minimum atomic E-state index is -0.516. The molecule has 1 aromatic rings. The second-order valence-corrected chi connectivity index (χ2v) is 6.73. The molecule has 0 fully saturated rings. The summed E-state index contributed by atoms with van der Waals surface area (Å²) in [6.45, 7) is 7.48. The zero-order chi connectivity index (χ0) is 18.5. The number of carbonyl (C=O) groups excluding carboxylic acids is 3. The van der Waals surface area contributed by atoms with E-state index in [1.165, 1.54) is 32.2 Å². The molecule has 2 amide bonds. The molecule has 0 saturated carbocycles. The number of benzene rings is 1. The van der Waals surface area contributed by atoms with Crippen molar-refractivity contribution in [3.8, 4) is 0 Å². The van der Waals surface area contributed by atoms with Crippen LogP contribution < -0.4 is 5.32 Å². The van der Waals surface area contributed by atoms with Crippen molar-refractivity contribution in [2.45, 2.75) is 39.7 Å². The summed E-state index contributed by atoms with van der Waals surface area (Å²) in [5.41, 5.74) is 0.251. The molecule has 0 atom stereocenters. The average Bonchev–Trinajstić information content (AvgIpc) is 2.47. The van der Waals surface area contributed by atoms with Gasteiger partial charge in [-0.3, -0.25) is 9.59 Å². The Morgan fingerprint density at radius 3 is 2.38 bits per heavy atom.